The normalized spacial score (nSPS) is 11.1. The lowest BCUT2D eigenvalue weighted by molar-refractivity contribution is 0.111. The molecule has 0 saturated carbocycles. The summed E-state index contributed by atoms with van der Waals surface area (Å²) in [6, 6.07) is 2.00. The molecule has 0 aliphatic heterocycles. The third-order valence-corrected chi connectivity index (χ3v) is 2.81. The topological polar surface area (TPSA) is 78.0 Å². The molecule has 0 fully saturated rings. The predicted octanol–water partition coefficient (Wildman–Crippen LogP) is 0.798. The Morgan fingerprint density at radius 1 is 1.26 bits per heavy atom. The first-order valence-electron chi connectivity index (χ1n) is 5.83. The molecule has 3 rings (SSSR count). The Labute approximate surface area is 108 Å². The summed E-state index contributed by atoms with van der Waals surface area (Å²) in [5.41, 5.74) is 3.15. The van der Waals surface area contributed by atoms with Crippen molar-refractivity contribution < 1.29 is 4.79 Å². The van der Waals surface area contributed by atoms with Gasteiger partial charge in [-0.3, -0.25) is 9.20 Å². The molecule has 0 aromatic carbocycles. The molecule has 0 atom stereocenters. The average Bonchev–Trinajstić information content (AvgIpc) is 2.96. The molecular weight excluding hydrogens is 244 g/mol. The maximum Gasteiger partial charge on any atom is 0.234 e. The highest BCUT2D eigenvalue weighted by molar-refractivity contribution is 5.70. The Morgan fingerprint density at radius 2 is 2.11 bits per heavy atom. The lowest BCUT2D eigenvalue weighted by Crippen LogP contribution is -2.00. The Kier molecular flexibility index (Phi) is 2.59. The average molecular weight is 256 g/mol. The number of fused-ring (bicyclic) bond motifs is 1. The molecule has 0 radical (unpaired) electrons. The van der Waals surface area contributed by atoms with Gasteiger partial charge in [-0.2, -0.15) is 0 Å². The van der Waals surface area contributed by atoms with Gasteiger partial charge in [0, 0.05) is 17.6 Å². The zero-order chi connectivity index (χ0) is 13.4. The minimum absolute atomic E-state index is 0.314. The molecule has 3 aromatic rings. The van der Waals surface area contributed by atoms with Crippen molar-refractivity contribution in [2.75, 3.05) is 0 Å². The van der Waals surface area contributed by atoms with Crippen molar-refractivity contribution >= 4 is 12.1 Å². The van der Waals surface area contributed by atoms with Crippen LogP contribution in [-0.2, 0) is 6.54 Å². The molecule has 0 amide bonds. The van der Waals surface area contributed by atoms with Crippen molar-refractivity contribution in [1.29, 1.82) is 0 Å². The van der Waals surface area contributed by atoms with Crippen LogP contribution in [0.5, 0.6) is 0 Å². The van der Waals surface area contributed by atoms with Gasteiger partial charge in [0.2, 0.25) is 5.78 Å². The van der Waals surface area contributed by atoms with Crippen LogP contribution in [0.1, 0.15) is 27.6 Å². The maximum absolute atomic E-state index is 10.5. The summed E-state index contributed by atoms with van der Waals surface area (Å²) >= 11 is 0. The summed E-state index contributed by atoms with van der Waals surface area (Å²) < 4.78 is 3.51. The number of carbonyl (C=O) groups excluding carboxylic acids is 1. The van der Waals surface area contributed by atoms with E-state index in [1.165, 1.54) is 0 Å². The van der Waals surface area contributed by atoms with Crippen LogP contribution < -0.4 is 0 Å². The maximum atomic E-state index is 10.5. The summed E-state index contributed by atoms with van der Waals surface area (Å²) in [5.74, 6) is 0.670. The molecule has 3 heterocycles. The fraction of sp³-hybridized carbons (Fsp3) is 0.250. The molecular formula is C12H12N6O. The quantitative estimate of drug-likeness (QED) is 0.648. The van der Waals surface area contributed by atoms with Crippen LogP contribution in [0.2, 0.25) is 0 Å². The van der Waals surface area contributed by atoms with Crippen LogP contribution in [0.4, 0.5) is 0 Å². The molecule has 3 aromatic heterocycles. The van der Waals surface area contributed by atoms with Crippen LogP contribution in [-0.4, -0.2) is 35.6 Å². The van der Waals surface area contributed by atoms with E-state index in [0.29, 0.717) is 24.3 Å². The number of aromatic nitrogens is 6. The second-order valence-electron chi connectivity index (χ2n) is 4.40. The molecule has 96 valence electrons. The second kappa shape index (κ2) is 4.27. The van der Waals surface area contributed by atoms with Crippen molar-refractivity contribution in [3.63, 3.8) is 0 Å². The fourth-order valence-electron chi connectivity index (χ4n) is 2.01. The summed E-state index contributed by atoms with van der Waals surface area (Å²) in [5, 5.41) is 7.57. The van der Waals surface area contributed by atoms with E-state index >= 15 is 0 Å². The molecule has 0 aliphatic carbocycles. The Hall–Kier alpha value is -2.57. The predicted molar refractivity (Wildman–Crippen MR) is 67.0 cm³/mol. The summed E-state index contributed by atoms with van der Waals surface area (Å²) in [4.78, 5) is 19.4. The van der Waals surface area contributed by atoms with Gasteiger partial charge in [0.15, 0.2) is 6.29 Å². The third-order valence-electron chi connectivity index (χ3n) is 2.81. The monoisotopic (exact) mass is 256 g/mol. The van der Waals surface area contributed by atoms with Gasteiger partial charge >= 0.3 is 0 Å². The lowest BCUT2D eigenvalue weighted by atomic mass is 10.3. The van der Waals surface area contributed by atoms with E-state index in [0.717, 1.165) is 17.1 Å². The zero-order valence-corrected chi connectivity index (χ0v) is 10.6. The summed E-state index contributed by atoms with van der Waals surface area (Å²) in [6.07, 6.45) is 4.17. The van der Waals surface area contributed by atoms with E-state index in [4.69, 9.17) is 0 Å². The van der Waals surface area contributed by atoms with Crippen LogP contribution in [0.15, 0.2) is 18.5 Å². The van der Waals surface area contributed by atoms with Gasteiger partial charge in [-0.15, -0.1) is 5.10 Å². The van der Waals surface area contributed by atoms with Crippen molar-refractivity contribution in [3.05, 3.63) is 41.2 Å². The molecule has 0 saturated heterocycles. The number of hydrogen-bond acceptors (Lipinski definition) is 5. The minimum atomic E-state index is 0.314. The van der Waals surface area contributed by atoms with Gasteiger partial charge in [-0.05, 0) is 19.9 Å². The number of aryl methyl sites for hydroxylation is 2. The SMILES string of the molecule is Cc1cc(C)n2cc(Cn3cc(C=O)nn3)nc2n1. The number of carbonyl (C=O) groups is 1. The first kappa shape index (κ1) is 11.5. The van der Waals surface area contributed by atoms with Crippen molar-refractivity contribution in [1.82, 2.24) is 29.4 Å². The van der Waals surface area contributed by atoms with Crippen LogP contribution in [0.3, 0.4) is 0 Å². The largest absolute Gasteiger partial charge is 0.296 e. The van der Waals surface area contributed by atoms with Gasteiger partial charge in [-0.1, -0.05) is 5.21 Å². The minimum Gasteiger partial charge on any atom is -0.296 e. The van der Waals surface area contributed by atoms with Crippen LogP contribution >= 0.6 is 0 Å². The Morgan fingerprint density at radius 3 is 2.84 bits per heavy atom. The molecule has 7 heteroatoms. The van der Waals surface area contributed by atoms with Crippen LogP contribution in [0.25, 0.3) is 5.78 Å². The highest BCUT2D eigenvalue weighted by Gasteiger charge is 2.07. The Bertz CT molecular complexity index is 757. The van der Waals surface area contributed by atoms with E-state index in [9.17, 15) is 4.79 Å². The number of nitrogens with zero attached hydrogens (tertiary/aromatic N) is 6. The second-order valence-corrected chi connectivity index (χ2v) is 4.40. The molecule has 0 aliphatic rings. The summed E-state index contributed by atoms with van der Waals surface area (Å²) in [6.45, 7) is 4.41. The zero-order valence-electron chi connectivity index (χ0n) is 10.6. The smallest absolute Gasteiger partial charge is 0.234 e. The molecule has 0 N–H and O–H groups in total. The number of aldehydes is 1. The molecule has 0 spiro atoms. The number of hydrogen-bond donors (Lipinski definition) is 0. The highest BCUT2D eigenvalue weighted by Crippen LogP contribution is 2.09. The molecule has 0 unspecified atom stereocenters. The van der Waals surface area contributed by atoms with Crippen molar-refractivity contribution in [3.8, 4) is 0 Å². The first-order chi connectivity index (χ1) is 9.15. The van der Waals surface area contributed by atoms with Crippen molar-refractivity contribution in [2.45, 2.75) is 20.4 Å². The van der Waals surface area contributed by atoms with Gasteiger partial charge in [0.05, 0.1) is 18.4 Å². The van der Waals surface area contributed by atoms with E-state index in [-0.39, 0.29) is 0 Å². The van der Waals surface area contributed by atoms with E-state index in [1.54, 1.807) is 10.9 Å². The van der Waals surface area contributed by atoms with Gasteiger partial charge in [0.25, 0.3) is 0 Å². The van der Waals surface area contributed by atoms with E-state index in [1.807, 2.05) is 30.5 Å². The first-order valence-corrected chi connectivity index (χ1v) is 5.83. The molecule has 19 heavy (non-hydrogen) atoms. The molecule has 7 nitrogen and oxygen atoms in total. The van der Waals surface area contributed by atoms with Crippen LogP contribution in [0, 0.1) is 13.8 Å². The fourth-order valence-corrected chi connectivity index (χ4v) is 2.01. The molecule has 0 bridgehead atoms. The van der Waals surface area contributed by atoms with Gasteiger partial charge < -0.3 is 0 Å². The van der Waals surface area contributed by atoms with E-state index in [2.05, 4.69) is 20.3 Å². The lowest BCUT2D eigenvalue weighted by Gasteiger charge is -1.98. The standard InChI is InChI=1S/C12H12N6O/c1-8-3-9(2)18-6-10(14-12(18)13-8)4-17-5-11(7-19)15-16-17/h3,5-7H,4H2,1-2H3. The number of rotatable bonds is 3. The van der Waals surface area contributed by atoms with E-state index < -0.39 is 0 Å². The highest BCUT2D eigenvalue weighted by atomic mass is 16.1. The Balaban J connectivity index is 1.97. The third kappa shape index (κ3) is 2.10. The summed E-state index contributed by atoms with van der Waals surface area (Å²) in [7, 11) is 0. The van der Waals surface area contributed by atoms with Gasteiger partial charge in [0.1, 0.15) is 5.69 Å². The number of imidazole rings is 1. The van der Waals surface area contributed by atoms with Gasteiger partial charge in [-0.25, -0.2) is 14.6 Å². The van der Waals surface area contributed by atoms with Crippen molar-refractivity contribution in [2.24, 2.45) is 0 Å².